The summed E-state index contributed by atoms with van der Waals surface area (Å²) in [5, 5.41) is 0. The number of rotatable bonds is 7. The van der Waals surface area contributed by atoms with Crippen LogP contribution >= 0.6 is 0 Å². The second-order valence-electron chi connectivity index (χ2n) is 9.28. The lowest BCUT2D eigenvalue weighted by Gasteiger charge is -2.39. The maximum atomic E-state index is 6.00. The molecule has 1 saturated carbocycles. The average Bonchev–Trinajstić information content (AvgIpc) is 2.79. The number of ether oxygens (including phenoxy) is 1. The molecule has 0 atom stereocenters. The normalized spacial score (nSPS) is 27.6. The summed E-state index contributed by atoms with van der Waals surface area (Å²) >= 11 is 0. The van der Waals surface area contributed by atoms with Gasteiger partial charge >= 0.3 is 0 Å². The summed E-state index contributed by atoms with van der Waals surface area (Å²) in [6.45, 7) is 7.30. The highest BCUT2D eigenvalue weighted by atomic mass is 16.5. The van der Waals surface area contributed by atoms with E-state index in [4.69, 9.17) is 4.74 Å². The molecule has 2 saturated heterocycles. The summed E-state index contributed by atoms with van der Waals surface area (Å²) in [6, 6.07) is 9.91. The van der Waals surface area contributed by atoms with Crippen LogP contribution in [0, 0.1) is 0 Å². The molecule has 1 aliphatic carbocycles. The molecule has 28 heavy (non-hydrogen) atoms. The Balaban J connectivity index is 1.16. The molecule has 3 aliphatic rings. The number of likely N-dealkylation sites (tertiary alicyclic amines) is 2. The quantitative estimate of drug-likeness (QED) is 0.581. The van der Waals surface area contributed by atoms with E-state index in [0.29, 0.717) is 0 Å². The van der Waals surface area contributed by atoms with E-state index in [1.54, 1.807) is 0 Å². The van der Waals surface area contributed by atoms with E-state index >= 15 is 0 Å². The smallest absolute Gasteiger partial charge is 0.119 e. The zero-order valence-electron chi connectivity index (χ0n) is 17.8. The minimum absolute atomic E-state index is 0.759. The molecule has 3 heteroatoms. The first kappa shape index (κ1) is 20.2. The lowest BCUT2D eigenvalue weighted by molar-refractivity contribution is 0.125. The molecule has 0 aromatic heterocycles. The molecular formula is C25H40N2O. The van der Waals surface area contributed by atoms with Crippen molar-refractivity contribution in [2.75, 3.05) is 39.3 Å². The monoisotopic (exact) mass is 384 g/mol. The zero-order chi connectivity index (χ0) is 19.0. The summed E-state index contributed by atoms with van der Waals surface area (Å²) < 4.78 is 6.00. The zero-order valence-corrected chi connectivity index (χ0v) is 17.8. The Bertz CT molecular complexity index is 552. The van der Waals surface area contributed by atoms with E-state index in [1.165, 1.54) is 102 Å². The van der Waals surface area contributed by atoms with Crippen molar-refractivity contribution in [2.45, 2.75) is 82.6 Å². The third-order valence-electron chi connectivity index (χ3n) is 7.29. The lowest BCUT2D eigenvalue weighted by Crippen LogP contribution is -2.41. The second-order valence-corrected chi connectivity index (χ2v) is 9.28. The average molecular weight is 385 g/mol. The molecule has 3 fully saturated rings. The third-order valence-corrected chi connectivity index (χ3v) is 7.29. The van der Waals surface area contributed by atoms with Crippen molar-refractivity contribution in [1.29, 1.82) is 0 Å². The highest BCUT2D eigenvalue weighted by Crippen LogP contribution is 2.36. The van der Waals surface area contributed by atoms with Crippen molar-refractivity contribution in [3.05, 3.63) is 29.8 Å². The number of benzene rings is 1. The van der Waals surface area contributed by atoms with Gasteiger partial charge in [-0.25, -0.2) is 0 Å². The predicted molar refractivity (Wildman–Crippen MR) is 117 cm³/mol. The van der Waals surface area contributed by atoms with Crippen molar-refractivity contribution in [2.24, 2.45) is 0 Å². The second kappa shape index (κ2) is 10.6. The SMILES string of the molecule is c1cc(C2CCC(N3CCCCC3)CC2)ccc1OCCCN1CCCCC1. The highest BCUT2D eigenvalue weighted by molar-refractivity contribution is 5.29. The molecule has 3 nitrogen and oxygen atoms in total. The summed E-state index contributed by atoms with van der Waals surface area (Å²) in [5.74, 6) is 1.80. The molecule has 4 rings (SSSR count). The van der Waals surface area contributed by atoms with Crippen LogP contribution in [0.1, 0.15) is 82.1 Å². The fourth-order valence-electron chi connectivity index (χ4n) is 5.56. The minimum atomic E-state index is 0.759. The van der Waals surface area contributed by atoms with Crippen molar-refractivity contribution < 1.29 is 4.74 Å². The Morgan fingerprint density at radius 3 is 2.07 bits per heavy atom. The summed E-state index contributed by atoms with van der Waals surface area (Å²) in [5.41, 5.74) is 1.53. The van der Waals surface area contributed by atoms with Crippen LogP contribution < -0.4 is 4.74 Å². The summed E-state index contributed by atoms with van der Waals surface area (Å²) in [6.07, 6.45) is 15.1. The molecule has 1 aromatic carbocycles. The van der Waals surface area contributed by atoms with Crippen LogP contribution in [0.4, 0.5) is 0 Å². The summed E-state index contributed by atoms with van der Waals surface area (Å²) in [4.78, 5) is 5.37. The van der Waals surface area contributed by atoms with Gasteiger partial charge in [0.15, 0.2) is 0 Å². The highest BCUT2D eigenvalue weighted by Gasteiger charge is 2.27. The van der Waals surface area contributed by atoms with Gasteiger partial charge in [-0.15, -0.1) is 0 Å². The van der Waals surface area contributed by atoms with Crippen LogP contribution in [0.15, 0.2) is 24.3 Å². The van der Waals surface area contributed by atoms with Gasteiger partial charge in [0.05, 0.1) is 6.61 Å². The van der Waals surface area contributed by atoms with E-state index in [-0.39, 0.29) is 0 Å². The van der Waals surface area contributed by atoms with Crippen LogP contribution in [0.25, 0.3) is 0 Å². The van der Waals surface area contributed by atoms with Crippen molar-refractivity contribution in [1.82, 2.24) is 9.80 Å². The molecular weight excluding hydrogens is 344 g/mol. The number of hydrogen-bond donors (Lipinski definition) is 0. The first-order valence-corrected chi connectivity index (χ1v) is 12.1. The van der Waals surface area contributed by atoms with Crippen LogP contribution in [-0.2, 0) is 0 Å². The number of hydrogen-bond acceptors (Lipinski definition) is 3. The minimum Gasteiger partial charge on any atom is -0.494 e. The maximum absolute atomic E-state index is 6.00. The van der Waals surface area contributed by atoms with E-state index < -0.39 is 0 Å². The predicted octanol–water partition coefficient (Wildman–Crippen LogP) is 5.45. The number of piperidine rings is 2. The number of nitrogens with zero attached hydrogens (tertiary/aromatic N) is 2. The molecule has 0 unspecified atom stereocenters. The van der Waals surface area contributed by atoms with Crippen molar-refractivity contribution in [3.63, 3.8) is 0 Å². The van der Waals surface area contributed by atoms with Gasteiger partial charge in [0.2, 0.25) is 0 Å². The lowest BCUT2D eigenvalue weighted by atomic mass is 9.81. The first-order valence-electron chi connectivity index (χ1n) is 12.1. The van der Waals surface area contributed by atoms with Crippen LogP contribution in [0.2, 0.25) is 0 Å². The van der Waals surface area contributed by atoms with Gasteiger partial charge in [-0.2, -0.15) is 0 Å². The van der Waals surface area contributed by atoms with E-state index in [0.717, 1.165) is 30.7 Å². The molecule has 0 amide bonds. The molecule has 0 N–H and O–H groups in total. The topological polar surface area (TPSA) is 15.7 Å². The van der Waals surface area contributed by atoms with E-state index in [1.807, 2.05) is 0 Å². The maximum Gasteiger partial charge on any atom is 0.119 e. The van der Waals surface area contributed by atoms with Crippen molar-refractivity contribution >= 4 is 0 Å². The van der Waals surface area contributed by atoms with Crippen LogP contribution in [0.3, 0.4) is 0 Å². The molecule has 0 bridgehead atoms. The fourth-order valence-corrected chi connectivity index (χ4v) is 5.56. The van der Waals surface area contributed by atoms with Gasteiger partial charge in [-0.1, -0.05) is 25.0 Å². The molecule has 1 aromatic rings. The Labute approximate surface area is 172 Å². The molecule has 156 valence electrons. The standard InChI is InChI=1S/C25H40N2O/c1-3-16-26(17-4-1)18-7-21-28-25-14-10-23(11-15-25)22-8-12-24(13-9-22)27-19-5-2-6-20-27/h10-11,14-15,22,24H,1-9,12-13,16-21H2. The Morgan fingerprint density at radius 1 is 0.750 bits per heavy atom. The molecule has 0 radical (unpaired) electrons. The van der Waals surface area contributed by atoms with Gasteiger partial charge in [0.1, 0.15) is 5.75 Å². The van der Waals surface area contributed by atoms with Gasteiger partial charge in [0, 0.05) is 12.6 Å². The van der Waals surface area contributed by atoms with Gasteiger partial charge in [-0.05, 0) is 108 Å². The van der Waals surface area contributed by atoms with Crippen molar-refractivity contribution in [3.8, 4) is 5.75 Å². The molecule has 2 aliphatic heterocycles. The Morgan fingerprint density at radius 2 is 1.39 bits per heavy atom. The molecule has 2 heterocycles. The van der Waals surface area contributed by atoms with E-state index in [9.17, 15) is 0 Å². The van der Waals surface area contributed by atoms with E-state index in [2.05, 4.69) is 34.1 Å². The fraction of sp³-hybridized carbons (Fsp3) is 0.760. The Hall–Kier alpha value is -1.06. The largest absolute Gasteiger partial charge is 0.494 e. The van der Waals surface area contributed by atoms with Crippen LogP contribution in [0.5, 0.6) is 5.75 Å². The third kappa shape index (κ3) is 5.73. The Kier molecular flexibility index (Phi) is 7.69. The van der Waals surface area contributed by atoms with Gasteiger partial charge < -0.3 is 14.5 Å². The van der Waals surface area contributed by atoms with Gasteiger partial charge in [0.25, 0.3) is 0 Å². The van der Waals surface area contributed by atoms with Gasteiger partial charge in [-0.3, -0.25) is 0 Å². The van der Waals surface area contributed by atoms with Crippen LogP contribution in [-0.4, -0.2) is 55.2 Å². The first-order chi connectivity index (χ1) is 13.9. The summed E-state index contributed by atoms with van der Waals surface area (Å²) in [7, 11) is 0. The molecule has 0 spiro atoms.